The van der Waals surface area contributed by atoms with Crippen molar-refractivity contribution in [2.45, 2.75) is 32.0 Å². The fourth-order valence-corrected chi connectivity index (χ4v) is 4.74. The van der Waals surface area contributed by atoms with Crippen LogP contribution in [0, 0.1) is 12.3 Å². The number of hydrogen-bond donors (Lipinski definition) is 3. The molecule has 9 nitrogen and oxygen atoms in total. The van der Waals surface area contributed by atoms with E-state index in [1.807, 2.05) is 26.0 Å². The summed E-state index contributed by atoms with van der Waals surface area (Å²) in [4.78, 5) is 38.5. The Balaban J connectivity index is 1.55. The maximum absolute atomic E-state index is 12.4. The maximum atomic E-state index is 12.4. The van der Waals surface area contributed by atoms with Gasteiger partial charge in [0.1, 0.15) is 28.5 Å². The van der Waals surface area contributed by atoms with Crippen molar-refractivity contribution >= 4 is 34.5 Å². The van der Waals surface area contributed by atoms with E-state index < -0.39 is 23.7 Å². The second-order valence-corrected chi connectivity index (χ2v) is 9.43. The molecule has 3 heterocycles. The van der Waals surface area contributed by atoms with Gasteiger partial charge in [0.2, 0.25) is 11.6 Å². The van der Waals surface area contributed by atoms with Gasteiger partial charge < -0.3 is 24.5 Å². The molecule has 1 aliphatic heterocycles. The molecule has 166 valence electrons. The molecule has 3 N–H and O–H groups in total. The summed E-state index contributed by atoms with van der Waals surface area (Å²) in [5.41, 5.74) is -0.0414. The van der Waals surface area contributed by atoms with Crippen LogP contribution in [0.4, 0.5) is 5.69 Å². The predicted molar refractivity (Wildman–Crippen MR) is 113 cm³/mol. The van der Waals surface area contributed by atoms with Crippen molar-refractivity contribution in [3.8, 4) is 5.75 Å². The van der Waals surface area contributed by atoms with Gasteiger partial charge in [0.15, 0.2) is 5.75 Å². The predicted octanol–water partition coefficient (Wildman–Crippen LogP) is 1.73. The van der Waals surface area contributed by atoms with Crippen LogP contribution in [0.15, 0.2) is 21.9 Å². The van der Waals surface area contributed by atoms with Crippen molar-refractivity contribution in [3.05, 3.63) is 33.9 Å². The third-order valence-electron chi connectivity index (χ3n) is 5.77. The zero-order valence-electron chi connectivity index (χ0n) is 17.7. The molecular formula is C21H25N3O6S. The third kappa shape index (κ3) is 3.64. The number of carbonyl (C=O) groups is 3. The Bertz CT molecular complexity index is 1040. The van der Waals surface area contributed by atoms with Gasteiger partial charge in [-0.15, -0.1) is 11.3 Å². The molecule has 1 saturated carbocycles. The van der Waals surface area contributed by atoms with E-state index in [9.17, 15) is 19.5 Å². The van der Waals surface area contributed by atoms with Crippen LogP contribution < -0.4 is 10.6 Å². The van der Waals surface area contributed by atoms with Crippen LogP contribution in [0.2, 0.25) is 0 Å². The quantitative estimate of drug-likeness (QED) is 0.549. The van der Waals surface area contributed by atoms with E-state index in [1.165, 1.54) is 4.90 Å². The highest BCUT2D eigenvalue weighted by Gasteiger charge is 2.53. The first-order valence-corrected chi connectivity index (χ1v) is 10.8. The van der Waals surface area contributed by atoms with Crippen LogP contribution in [0.3, 0.4) is 0 Å². The molecule has 0 spiro atoms. The van der Waals surface area contributed by atoms with Gasteiger partial charge in [-0.1, -0.05) is 6.92 Å². The minimum Gasteiger partial charge on any atom is -0.504 e. The van der Waals surface area contributed by atoms with Gasteiger partial charge >= 0.3 is 0 Å². The highest BCUT2D eigenvalue weighted by molar-refractivity contribution is 7.13. The lowest BCUT2D eigenvalue weighted by molar-refractivity contribution is -0.150. The summed E-state index contributed by atoms with van der Waals surface area (Å²) in [6.07, 6.45) is 0. The maximum Gasteiger partial charge on any atom is 0.267 e. The number of rotatable bonds is 7. The van der Waals surface area contributed by atoms with Crippen molar-refractivity contribution < 1.29 is 28.6 Å². The van der Waals surface area contributed by atoms with Gasteiger partial charge in [-0.05, 0) is 19.1 Å². The van der Waals surface area contributed by atoms with Crippen LogP contribution in [-0.2, 0) is 14.3 Å². The van der Waals surface area contributed by atoms with E-state index in [1.54, 1.807) is 19.5 Å². The summed E-state index contributed by atoms with van der Waals surface area (Å²) in [6, 6.07) is 1.71. The third-order valence-corrected chi connectivity index (χ3v) is 6.73. The number of hydrogen-bond acceptors (Lipinski definition) is 9. The van der Waals surface area contributed by atoms with E-state index in [0.29, 0.717) is 19.0 Å². The molecule has 0 bridgehead atoms. The number of ketones is 2. The van der Waals surface area contributed by atoms with E-state index >= 15 is 0 Å². The number of nitrogens with zero attached hydrogens (tertiary/aromatic N) is 1. The molecule has 10 heteroatoms. The van der Waals surface area contributed by atoms with Crippen LogP contribution >= 0.6 is 11.3 Å². The summed E-state index contributed by atoms with van der Waals surface area (Å²) >= 11 is 1.07. The Labute approximate surface area is 183 Å². The molecule has 2 aromatic rings. The van der Waals surface area contributed by atoms with Crippen molar-refractivity contribution in [2.75, 3.05) is 32.6 Å². The zero-order valence-corrected chi connectivity index (χ0v) is 18.5. The summed E-state index contributed by atoms with van der Waals surface area (Å²) < 4.78 is 11.2. The average molecular weight is 448 g/mol. The minimum absolute atomic E-state index is 0.165. The molecule has 0 radical (unpaired) electrons. The van der Waals surface area contributed by atoms with Crippen LogP contribution in [0.5, 0.6) is 5.75 Å². The molecule has 4 rings (SSSR count). The minimum atomic E-state index is -0.863. The van der Waals surface area contributed by atoms with Gasteiger partial charge in [-0.25, -0.2) is 0 Å². The largest absolute Gasteiger partial charge is 0.504 e. The number of Topliss-reactive ketones (excluding diaryl/α,β-unsaturated/α-hetero) is 2. The highest BCUT2D eigenvalue weighted by atomic mass is 32.1. The number of amides is 1. The lowest BCUT2D eigenvalue weighted by atomic mass is 9.76. The second kappa shape index (κ2) is 7.77. The fraction of sp³-hybridized carbons (Fsp3) is 0.476. The first-order chi connectivity index (χ1) is 14.6. The van der Waals surface area contributed by atoms with Gasteiger partial charge in [-0.2, -0.15) is 0 Å². The topological polar surface area (TPSA) is 121 Å². The number of nitrogens with one attached hydrogen (secondary N) is 2. The summed E-state index contributed by atoms with van der Waals surface area (Å²) in [5, 5.41) is 18.2. The molecular weight excluding hydrogens is 422 g/mol. The van der Waals surface area contributed by atoms with Gasteiger partial charge in [0.05, 0.1) is 24.9 Å². The van der Waals surface area contributed by atoms with Crippen LogP contribution in [0.1, 0.15) is 34.2 Å². The van der Waals surface area contributed by atoms with Crippen molar-refractivity contribution in [1.82, 2.24) is 10.2 Å². The smallest absolute Gasteiger partial charge is 0.267 e. The van der Waals surface area contributed by atoms with Crippen molar-refractivity contribution in [2.24, 2.45) is 5.41 Å². The lowest BCUT2D eigenvalue weighted by Gasteiger charge is -2.47. The first kappa shape index (κ1) is 21.5. The summed E-state index contributed by atoms with van der Waals surface area (Å²) in [6.45, 7) is 4.87. The lowest BCUT2D eigenvalue weighted by Crippen LogP contribution is -2.69. The van der Waals surface area contributed by atoms with E-state index in [4.69, 9.17) is 9.15 Å². The number of carbonyl (C=O) groups excluding carboxylic acids is 3. The molecule has 31 heavy (non-hydrogen) atoms. The van der Waals surface area contributed by atoms with Crippen LogP contribution in [-0.4, -0.2) is 66.9 Å². The van der Waals surface area contributed by atoms with Gasteiger partial charge in [-0.3, -0.25) is 19.7 Å². The molecule has 1 aliphatic carbocycles. The number of furan rings is 1. The molecule has 2 aliphatic rings. The highest BCUT2D eigenvalue weighted by Crippen LogP contribution is 2.42. The number of anilines is 1. The Morgan fingerprint density at radius 3 is 2.48 bits per heavy atom. The zero-order chi connectivity index (χ0) is 22.5. The molecule has 3 atom stereocenters. The second-order valence-electron chi connectivity index (χ2n) is 8.55. The number of ether oxygens (including phenoxy) is 1. The van der Waals surface area contributed by atoms with Crippen molar-refractivity contribution in [3.63, 3.8) is 0 Å². The number of thiophene rings is 1. The molecule has 1 amide bonds. The standard InChI is InChI=1S/C21H25N3O6S/c1-10-5-6-12(30-10)19(21(2)8-29-9-21)23-14-13(16(26)17(14)27)22-11-7-31-18(15(11)25)20(28)24(3)4/h5-7,13-14,19,22-23,25H,8-9H2,1-4H3/t13?,14?,19-/m0/s1. The fourth-order valence-electron chi connectivity index (χ4n) is 3.82. The van der Waals surface area contributed by atoms with E-state index in [2.05, 4.69) is 10.6 Å². The number of aromatic hydroxyl groups is 1. The molecule has 2 aromatic heterocycles. The Kier molecular flexibility index (Phi) is 5.40. The van der Waals surface area contributed by atoms with Crippen LogP contribution in [0.25, 0.3) is 0 Å². The molecule has 0 aromatic carbocycles. The van der Waals surface area contributed by atoms with E-state index in [0.717, 1.165) is 17.1 Å². The molecule has 1 saturated heterocycles. The van der Waals surface area contributed by atoms with Crippen molar-refractivity contribution in [1.29, 1.82) is 0 Å². The molecule has 2 unspecified atom stereocenters. The Hall–Kier alpha value is -2.69. The average Bonchev–Trinajstić information content (AvgIpc) is 3.30. The van der Waals surface area contributed by atoms with E-state index in [-0.39, 0.29) is 33.7 Å². The Morgan fingerprint density at radius 1 is 1.26 bits per heavy atom. The molecule has 2 fully saturated rings. The Morgan fingerprint density at radius 2 is 1.94 bits per heavy atom. The normalized spacial score (nSPS) is 23.1. The summed E-state index contributed by atoms with van der Waals surface area (Å²) in [7, 11) is 3.17. The number of aryl methyl sites for hydroxylation is 1. The van der Waals surface area contributed by atoms with Gasteiger partial charge in [0.25, 0.3) is 5.91 Å². The summed E-state index contributed by atoms with van der Waals surface area (Å²) in [5.74, 6) is -0.259. The first-order valence-electron chi connectivity index (χ1n) is 9.89. The van der Waals surface area contributed by atoms with Gasteiger partial charge in [0, 0.05) is 24.9 Å². The monoisotopic (exact) mass is 447 g/mol. The SMILES string of the molecule is Cc1ccc([C@H](NC2C(=O)C(=O)C2Nc2csc(C(=O)N(C)C)c2O)C2(C)COC2)o1.